The first kappa shape index (κ1) is 10.6. The second-order valence-electron chi connectivity index (χ2n) is 2.69. The van der Waals surface area contributed by atoms with Crippen LogP contribution >= 0.6 is 11.6 Å². The molecule has 0 amide bonds. The third-order valence-corrected chi connectivity index (χ3v) is 2.04. The lowest BCUT2D eigenvalue weighted by molar-refractivity contribution is 0.385. The predicted molar refractivity (Wildman–Crippen MR) is 48.7 cm³/mol. The quantitative estimate of drug-likeness (QED) is 0.796. The van der Waals surface area contributed by atoms with Crippen molar-refractivity contribution >= 4 is 11.6 Å². The van der Waals surface area contributed by atoms with E-state index in [9.17, 15) is 9.50 Å². The van der Waals surface area contributed by atoms with Crippen LogP contribution in [0.15, 0.2) is 6.07 Å². The van der Waals surface area contributed by atoms with Gasteiger partial charge in [0.05, 0.1) is 11.1 Å². The lowest BCUT2D eigenvalue weighted by Gasteiger charge is -2.06. The molecule has 0 heterocycles. The van der Waals surface area contributed by atoms with Gasteiger partial charge in [0.1, 0.15) is 0 Å². The van der Waals surface area contributed by atoms with Crippen molar-refractivity contribution in [2.75, 3.05) is 0 Å². The van der Waals surface area contributed by atoms with Gasteiger partial charge in [-0.15, -0.1) is 0 Å². The van der Waals surface area contributed by atoms with E-state index in [0.29, 0.717) is 0 Å². The molecule has 74 valence electrons. The molecule has 3 nitrogen and oxygen atoms in total. The van der Waals surface area contributed by atoms with Crippen LogP contribution < -0.4 is 0 Å². The second kappa shape index (κ2) is 4.16. The number of hydrogen-bond donors (Lipinski definition) is 2. The van der Waals surface area contributed by atoms with Gasteiger partial charge >= 0.3 is 0 Å². The Bertz CT molecular complexity index is 401. The largest absolute Gasteiger partial charge is 0.505 e. The van der Waals surface area contributed by atoms with E-state index in [1.807, 2.05) is 6.07 Å². The molecule has 0 atom stereocenters. The summed E-state index contributed by atoms with van der Waals surface area (Å²) in [7, 11) is 0. The summed E-state index contributed by atoms with van der Waals surface area (Å²) < 4.78 is 13.0. The summed E-state index contributed by atoms with van der Waals surface area (Å²) >= 11 is 5.49. The Morgan fingerprint density at radius 3 is 2.64 bits per heavy atom. The summed E-state index contributed by atoms with van der Waals surface area (Å²) in [6, 6.07) is 3.10. The summed E-state index contributed by atoms with van der Waals surface area (Å²) in [4.78, 5) is 0. The van der Waals surface area contributed by atoms with Crippen molar-refractivity contribution < 1.29 is 14.6 Å². The number of phenols is 2. The monoisotopic (exact) mass is 215 g/mol. The highest BCUT2D eigenvalue weighted by Gasteiger charge is 2.15. The summed E-state index contributed by atoms with van der Waals surface area (Å²) in [5, 5.41) is 26.4. The maximum Gasteiger partial charge on any atom is 0.208 e. The molecular weight excluding hydrogens is 209 g/mol. The Hall–Kier alpha value is -1.47. The number of hydrogen-bond acceptors (Lipinski definition) is 3. The number of aromatic hydroxyl groups is 2. The van der Waals surface area contributed by atoms with Gasteiger partial charge < -0.3 is 10.2 Å². The van der Waals surface area contributed by atoms with Gasteiger partial charge in [0.25, 0.3) is 0 Å². The third-order valence-electron chi connectivity index (χ3n) is 1.75. The molecule has 0 fully saturated rings. The minimum atomic E-state index is -1.15. The Morgan fingerprint density at radius 2 is 2.07 bits per heavy atom. The smallest absolute Gasteiger partial charge is 0.208 e. The zero-order valence-electron chi connectivity index (χ0n) is 7.09. The van der Waals surface area contributed by atoms with Gasteiger partial charge in [-0.1, -0.05) is 11.6 Å². The maximum atomic E-state index is 13.0. The van der Waals surface area contributed by atoms with Crippen molar-refractivity contribution in [3.63, 3.8) is 0 Å². The molecule has 0 aliphatic carbocycles. The molecule has 0 radical (unpaired) electrons. The molecule has 5 heteroatoms. The van der Waals surface area contributed by atoms with Crippen LogP contribution in [0.2, 0.25) is 5.02 Å². The Labute approximate surface area is 85.0 Å². The fourth-order valence-electron chi connectivity index (χ4n) is 1.03. The van der Waals surface area contributed by atoms with Crippen LogP contribution in [0.4, 0.5) is 4.39 Å². The van der Waals surface area contributed by atoms with Crippen LogP contribution in [0.5, 0.6) is 11.5 Å². The first-order valence-corrected chi connectivity index (χ1v) is 4.21. The number of aryl methyl sites for hydroxylation is 1. The van der Waals surface area contributed by atoms with E-state index in [0.717, 1.165) is 0 Å². The number of halogens is 2. The van der Waals surface area contributed by atoms with Crippen molar-refractivity contribution in [2.45, 2.75) is 12.8 Å². The van der Waals surface area contributed by atoms with Gasteiger partial charge in [0.15, 0.2) is 11.5 Å². The molecule has 14 heavy (non-hydrogen) atoms. The molecule has 0 aromatic heterocycles. The second-order valence-corrected chi connectivity index (χ2v) is 3.09. The summed E-state index contributed by atoms with van der Waals surface area (Å²) in [5.74, 6) is -2.57. The van der Waals surface area contributed by atoms with Crippen molar-refractivity contribution in [3.05, 3.63) is 22.5 Å². The maximum absolute atomic E-state index is 13.0. The van der Waals surface area contributed by atoms with Crippen molar-refractivity contribution in [1.29, 1.82) is 5.26 Å². The zero-order chi connectivity index (χ0) is 10.7. The summed E-state index contributed by atoms with van der Waals surface area (Å²) in [6.07, 6.45) is 0.341. The van der Waals surface area contributed by atoms with E-state index in [4.69, 9.17) is 22.0 Å². The van der Waals surface area contributed by atoms with Crippen LogP contribution in [0.1, 0.15) is 12.0 Å². The topological polar surface area (TPSA) is 64.2 Å². The molecule has 2 N–H and O–H groups in total. The number of nitrogens with zero attached hydrogens (tertiary/aromatic N) is 1. The van der Waals surface area contributed by atoms with Crippen LogP contribution in [0.25, 0.3) is 0 Å². The molecule has 1 aromatic carbocycles. The number of benzene rings is 1. The van der Waals surface area contributed by atoms with Gasteiger partial charge in [0, 0.05) is 6.42 Å². The summed E-state index contributed by atoms with van der Waals surface area (Å²) in [5.41, 5.74) is 0.215. The molecule has 0 unspecified atom stereocenters. The first-order chi connectivity index (χ1) is 6.57. The minimum absolute atomic E-state index is 0.147. The molecule has 1 aromatic rings. The molecule has 0 bridgehead atoms. The lowest BCUT2D eigenvalue weighted by atomic mass is 10.1. The van der Waals surface area contributed by atoms with Gasteiger partial charge in [-0.2, -0.15) is 9.65 Å². The highest BCUT2D eigenvalue weighted by molar-refractivity contribution is 6.32. The minimum Gasteiger partial charge on any atom is -0.505 e. The number of rotatable bonds is 2. The van der Waals surface area contributed by atoms with Crippen LogP contribution in [-0.2, 0) is 6.42 Å². The molecule has 1 rings (SSSR count). The molecule has 0 spiro atoms. The number of nitriles is 1. The van der Waals surface area contributed by atoms with Gasteiger partial charge in [-0.3, -0.25) is 0 Å². The fourth-order valence-corrected chi connectivity index (χ4v) is 1.24. The lowest BCUT2D eigenvalue weighted by Crippen LogP contribution is -1.89. The van der Waals surface area contributed by atoms with Crippen LogP contribution in [0, 0.1) is 17.1 Å². The van der Waals surface area contributed by atoms with E-state index in [-0.39, 0.29) is 23.4 Å². The molecule has 0 saturated heterocycles. The van der Waals surface area contributed by atoms with Crippen LogP contribution in [0.3, 0.4) is 0 Å². The molecule has 0 aliphatic heterocycles. The third kappa shape index (κ3) is 1.88. The van der Waals surface area contributed by atoms with Crippen molar-refractivity contribution in [1.82, 2.24) is 0 Å². The van der Waals surface area contributed by atoms with E-state index in [2.05, 4.69) is 0 Å². The van der Waals surface area contributed by atoms with Gasteiger partial charge in [-0.25, -0.2) is 0 Å². The van der Waals surface area contributed by atoms with E-state index in [1.165, 1.54) is 6.07 Å². The van der Waals surface area contributed by atoms with Crippen LogP contribution in [-0.4, -0.2) is 10.2 Å². The van der Waals surface area contributed by atoms with E-state index >= 15 is 0 Å². The Morgan fingerprint density at radius 1 is 1.43 bits per heavy atom. The SMILES string of the molecule is N#CCCc1cc(Cl)c(O)c(F)c1O. The van der Waals surface area contributed by atoms with Gasteiger partial charge in [0.2, 0.25) is 5.82 Å². The summed E-state index contributed by atoms with van der Waals surface area (Å²) in [6.45, 7) is 0. The van der Waals surface area contributed by atoms with Crippen molar-refractivity contribution in [2.24, 2.45) is 0 Å². The van der Waals surface area contributed by atoms with E-state index < -0.39 is 17.3 Å². The molecule has 0 saturated carbocycles. The molecule has 0 aliphatic rings. The van der Waals surface area contributed by atoms with Crippen molar-refractivity contribution in [3.8, 4) is 17.6 Å². The predicted octanol–water partition coefficient (Wildman–Crippen LogP) is 2.35. The average Bonchev–Trinajstić information content (AvgIpc) is 2.18. The average molecular weight is 216 g/mol. The standard InChI is InChI=1S/C9H7ClFNO2/c10-6-4-5(2-1-3-12)8(13)7(11)9(6)14/h4,13-14H,1-2H2. The van der Waals surface area contributed by atoms with E-state index in [1.54, 1.807) is 0 Å². The zero-order valence-corrected chi connectivity index (χ0v) is 7.85. The Kier molecular flexibility index (Phi) is 3.15. The molecular formula is C9H7ClFNO2. The number of phenolic OH excluding ortho intramolecular Hbond substituents is 2. The normalized spacial score (nSPS) is 9.79. The van der Waals surface area contributed by atoms with Gasteiger partial charge in [-0.05, 0) is 18.1 Å². The Balaban J connectivity index is 3.14. The highest BCUT2D eigenvalue weighted by Crippen LogP contribution is 2.35. The highest BCUT2D eigenvalue weighted by atomic mass is 35.5. The fraction of sp³-hybridized carbons (Fsp3) is 0.222. The first-order valence-electron chi connectivity index (χ1n) is 3.83.